The highest BCUT2D eigenvalue weighted by atomic mass is 35.5. The number of amides is 1. The Kier molecular flexibility index (Phi) is 6.55. The van der Waals surface area contributed by atoms with Crippen molar-refractivity contribution in [3.8, 4) is 5.88 Å². The zero-order valence-electron chi connectivity index (χ0n) is 15.2. The molecule has 0 aliphatic carbocycles. The summed E-state index contributed by atoms with van der Waals surface area (Å²) >= 11 is 7.31. The maximum absolute atomic E-state index is 12.2. The molecule has 0 saturated heterocycles. The first kappa shape index (κ1) is 20.1. The van der Waals surface area contributed by atoms with Crippen LogP contribution in [0.25, 0.3) is 0 Å². The van der Waals surface area contributed by atoms with E-state index in [1.807, 2.05) is 26.8 Å². The number of hydrogen-bond donors (Lipinski definition) is 1. The Morgan fingerprint density at radius 2 is 2.04 bits per heavy atom. The van der Waals surface area contributed by atoms with Crippen molar-refractivity contribution in [2.45, 2.75) is 31.3 Å². The number of hydrogen-bond acceptors (Lipinski definition) is 7. The van der Waals surface area contributed by atoms with E-state index in [1.54, 1.807) is 31.4 Å². The Morgan fingerprint density at radius 1 is 1.31 bits per heavy atom. The van der Waals surface area contributed by atoms with Gasteiger partial charge in [-0.3, -0.25) is 4.90 Å². The van der Waals surface area contributed by atoms with Gasteiger partial charge in [-0.2, -0.15) is 4.98 Å². The minimum atomic E-state index is -0.590. The molecule has 0 aliphatic rings. The highest BCUT2D eigenvalue weighted by molar-refractivity contribution is 8.00. The van der Waals surface area contributed by atoms with E-state index in [0.29, 0.717) is 22.5 Å². The van der Waals surface area contributed by atoms with Crippen LogP contribution in [0.15, 0.2) is 35.4 Å². The molecule has 2 heterocycles. The van der Waals surface area contributed by atoms with E-state index in [4.69, 9.17) is 21.1 Å². The van der Waals surface area contributed by atoms with Gasteiger partial charge in [0.15, 0.2) is 0 Å². The number of carbonyl (C=O) groups is 1. The number of ether oxygens (including phenoxy) is 2. The lowest BCUT2D eigenvalue weighted by atomic mass is 10.2. The molecule has 7 nitrogen and oxygen atoms in total. The van der Waals surface area contributed by atoms with Gasteiger partial charge in [-0.1, -0.05) is 11.6 Å². The van der Waals surface area contributed by atoms with Crippen LogP contribution in [0, 0.1) is 0 Å². The van der Waals surface area contributed by atoms with Gasteiger partial charge < -0.3 is 14.2 Å². The summed E-state index contributed by atoms with van der Waals surface area (Å²) in [5.41, 5.74) is -0.0932. The molecule has 26 heavy (non-hydrogen) atoms. The number of halogens is 1. The van der Waals surface area contributed by atoms with Crippen molar-refractivity contribution >= 4 is 41.1 Å². The topological polar surface area (TPSA) is 76.6 Å². The Balaban J connectivity index is 2.14. The Morgan fingerprint density at radius 3 is 2.65 bits per heavy atom. The quantitative estimate of drug-likeness (QED) is 0.583. The monoisotopic (exact) mass is 396 g/mol. The first-order valence-electron chi connectivity index (χ1n) is 7.76. The minimum Gasteiger partial charge on any atom is -0.479 e. The van der Waals surface area contributed by atoms with E-state index in [-0.39, 0.29) is 0 Å². The molecule has 0 fully saturated rings. The van der Waals surface area contributed by atoms with E-state index in [0.717, 1.165) is 4.90 Å². The molecule has 0 radical (unpaired) electrons. The maximum Gasteiger partial charge on any atom is 0.414 e. The molecule has 2 rings (SSSR count). The summed E-state index contributed by atoms with van der Waals surface area (Å²) in [6.45, 7) is 5.42. The zero-order valence-corrected chi connectivity index (χ0v) is 16.8. The van der Waals surface area contributed by atoms with Gasteiger partial charge in [0.1, 0.15) is 22.3 Å². The van der Waals surface area contributed by atoms with Crippen LogP contribution in [0.5, 0.6) is 5.88 Å². The number of anilines is 2. The largest absolute Gasteiger partial charge is 0.479 e. The van der Waals surface area contributed by atoms with Crippen molar-refractivity contribution < 1.29 is 14.3 Å². The van der Waals surface area contributed by atoms with Crippen molar-refractivity contribution in [2.24, 2.45) is 0 Å². The third kappa shape index (κ3) is 5.40. The van der Waals surface area contributed by atoms with E-state index in [2.05, 4.69) is 14.7 Å². The van der Waals surface area contributed by atoms with Crippen LogP contribution in [0.3, 0.4) is 0 Å². The number of aromatic nitrogens is 2. The van der Waals surface area contributed by atoms with Gasteiger partial charge in [0, 0.05) is 13.2 Å². The SMILES string of the molecule is COc1nc(NSc2cccnc2Cl)ccc1N(C)C(=O)OC(C)(C)C. The van der Waals surface area contributed by atoms with Gasteiger partial charge in [0.25, 0.3) is 0 Å². The minimum absolute atomic E-state index is 0.293. The Hall–Kier alpha value is -2.19. The van der Waals surface area contributed by atoms with Gasteiger partial charge in [-0.25, -0.2) is 9.78 Å². The zero-order chi connectivity index (χ0) is 19.3. The summed E-state index contributed by atoms with van der Waals surface area (Å²) in [5, 5.41) is 0.401. The molecule has 0 aliphatic heterocycles. The average molecular weight is 397 g/mol. The standard InChI is InChI=1S/C17H21ClN4O3S/c1-17(2,3)25-16(23)22(4)11-8-9-13(20-15(11)24-5)21-26-12-7-6-10-19-14(12)18/h6-10H,1-5H3,(H,20,21). The Labute approximate surface area is 162 Å². The van der Waals surface area contributed by atoms with E-state index in [9.17, 15) is 4.79 Å². The predicted molar refractivity (Wildman–Crippen MR) is 104 cm³/mol. The van der Waals surface area contributed by atoms with Crippen molar-refractivity contribution in [1.29, 1.82) is 0 Å². The summed E-state index contributed by atoms with van der Waals surface area (Å²) in [4.78, 5) is 22.7. The van der Waals surface area contributed by atoms with Gasteiger partial charge in [-0.05, 0) is 57.0 Å². The lowest BCUT2D eigenvalue weighted by Gasteiger charge is -2.25. The van der Waals surface area contributed by atoms with Gasteiger partial charge in [-0.15, -0.1) is 0 Å². The summed E-state index contributed by atoms with van der Waals surface area (Å²) < 4.78 is 13.8. The molecule has 140 valence electrons. The number of methoxy groups -OCH3 is 1. The Bertz CT molecular complexity index is 783. The van der Waals surface area contributed by atoms with Crippen LogP contribution in [0.2, 0.25) is 5.15 Å². The number of carbonyl (C=O) groups excluding carboxylic acids is 1. The summed E-state index contributed by atoms with van der Waals surface area (Å²) in [7, 11) is 3.09. The number of nitrogens with one attached hydrogen (secondary N) is 1. The molecule has 0 unspecified atom stereocenters. The molecular formula is C17H21ClN4O3S. The van der Waals surface area contributed by atoms with Crippen LogP contribution in [0.1, 0.15) is 20.8 Å². The number of pyridine rings is 2. The fourth-order valence-electron chi connectivity index (χ4n) is 1.88. The second-order valence-corrected chi connectivity index (χ2v) is 7.47. The number of rotatable bonds is 5. The van der Waals surface area contributed by atoms with Gasteiger partial charge in [0.2, 0.25) is 5.88 Å². The molecule has 1 amide bonds. The normalized spacial score (nSPS) is 11.0. The predicted octanol–water partition coefficient (Wildman–Crippen LogP) is 4.63. The summed E-state index contributed by atoms with van der Waals surface area (Å²) in [6, 6.07) is 7.09. The second-order valence-electron chi connectivity index (χ2n) is 6.26. The average Bonchev–Trinajstić information content (AvgIpc) is 2.58. The van der Waals surface area contributed by atoms with Crippen molar-refractivity contribution in [2.75, 3.05) is 23.8 Å². The molecule has 2 aromatic rings. The second kappa shape index (κ2) is 8.46. The molecule has 0 saturated carbocycles. The maximum atomic E-state index is 12.2. The van der Waals surface area contributed by atoms with Gasteiger partial charge in [0.05, 0.1) is 12.0 Å². The van der Waals surface area contributed by atoms with E-state index in [1.165, 1.54) is 24.0 Å². The smallest absolute Gasteiger partial charge is 0.414 e. The van der Waals surface area contributed by atoms with Gasteiger partial charge >= 0.3 is 6.09 Å². The van der Waals surface area contributed by atoms with Crippen LogP contribution >= 0.6 is 23.5 Å². The fourth-order valence-corrected chi connectivity index (χ4v) is 2.73. The number of nitrogens with zero attached hydrogens (tertiary/aromatic N) is 3. The molecule has 9 heteroatoms. The third-order valence-electron chi connectivity index (χ3n) is 3.05. The first-order chi connectivity index (χ1) is 12.2. The fraction of sp³-hybridized carbons (Fsp3) is 0.353. The summed E-state index contributed by atoms with van der Waals surface area (Å²) in [5.74, 6) is 0.842. The molecular weight excluding hydrogens is 376 g/mol. The van der Waals surface area contributed by atoms with Crippen LogP contribution in [0.4, 0.5) is 16.3 Å². The van der Waals surface area contributed by atoms with Crippen molar-refractivity contribution in [3.63, 3.8) is 0 Å². The molecule has 0 atom stereocenters. The van der Waals surface area contributed by atoms with E-state index >= 15 is 0 Å². The third-order valence-corrected chi connectivity index (χ3v) is 4.33. The molecule has 2 aromatic heterocycles. The van der Waals surface area contributed by atoms with Crippen LogP contribution in [-0.2, 0) is 4.74 Å². The van der Waals surface area contributed by atoms with Crippen molar-refractivity contribution in [3.05, 3.63) is 35.6 Å². The van der Waals surface area contributed by atoms with Crippen LogP contribution < -0.4 is 14.4 Å². The highest BCUT2D eigenvalue weighted by Gasteiger charge is 2.23. The molecule has 0 aromatic carbocycles. The summed E-state index contributed by atoms with van der Waals surface area (Å²) in [6.07, 6.45) is 1.13. The lowest BCUT2D eigenvalue weighted by Crippen LogP contribution is -2.34. The molecule has 0 spiro atoms. The highest BCUT2D eigenvalue weighted by Crippen LogP contribution is 2.31. The molecule has 1 N–H and O–H groups in total. The molecule has 0 bridgehead atoms. The van der Waals surface area contributed by atoms with Crippen LogP contribution in [-0.4, -0.2) is 35.8 Å². The lowest BCUT2D eigenvalue weighted by molar-refractivity contribution is 0.0588. The van der Waals surface area contributed by atoms with E-state index < -0.39 is 11.7 Å². The van der Waals surface area contributed by atoms with Crippen molar-refractivity contribution in [1.82, 2.24) is 9.97 Å². The first-order valence-corrected chi connectivity index (χ1v) is 8.96.